The van der Waals surface area contributed by atoms with Crippen LogP contribution in [0.25, 0.3) is 10.9 Å². The molecule has 2 atom stereocenters. The summed E-state index contributed by atoms with van der Waals surface area (Å²) in [6.07, 6.45) is 2.10. The van der Waals surface area contributed by atoms with Crippen LogP contribution < -0.4 is 10.6 Å². The topological polar surface area (TPSA) is 61.5 Å². The molecule has 2 aromatic carbocycles. The van der Waals surface area contributed by atoms with Crippen molar-refractivity contribution in [1.82, 2.24) is 10.3 Å². The number of likely N-dealkylation sites (N-methyl/N-ethyl adjacent to an activating group) is 1. The Balaban J connectivity index is 1.88. The predicted molar refractivity (Wildman–Crippen MR) is 102 cm³/mol. The second kappa shape index (κ2) is 7.99. The van der Waals surface area contributed by atoms with Crippen LogP contribution in [0.15, 0.2) is 60.8 Å². The van der Waals surface area contributed by atoms with E-state index in [-0.39, 0.29) is 17.9 Å². The van der Waals surface area contributed by atoms with Crippen molar-refractivity contribution in [2.24, 2.45) is 0 Å². The number of aromatic nitrogens is 1. The number of hydrogen-bond acceptors (Lipinski definition) is 1. The molecular weight excluding hydrogens is 310 g/mol. The summed E-state index contributed by atoms with van der Waals surface area (Å²) < 4.78 is 0. The standard InChI is InChI=1S/C21H25N3O/c1-3-22-21(25)15(2)23-13-18(16-9-5-4-6-10-16)19-14-24-20-12-8-7-11-17(19)20/h4-12,14-15,18,23-24H,3,13H2,1-2H3,(H,22,25)/p+1/t15-,18-/m0/s1. The van der Waals surface area contributed by atoms with Gasteiger partial charge >= 0.3 is 0 Å². The van der Waals surface area contributed by atoms with Crippen molar-refractivity contribution in [2.45, 2.75) is 25.8 Å². The number of nitrogens with one attached hydrogen (secondary N) is 2. The van der Waals surface area contributed by atoms with E-state index in [0.29, 0.717) is 6.54 Å². The van der Waals surface area contributed by atoms with Gasteiger partial charge in [0.25, 0.3) is 5.91 Å². The number of nitrogens with two attached hydrogens (primary N) is 1. The van der Waals surface area contributed by atoms with Crippen molar-refractivity contribution < 1.29 is 10.1 Å². The van der Waals surface area contributed by atoms with E-state index in [1.54, 1.807) is 0 Å². The molecule has 0 saturated carbocycles. The summed E-state index contributed by atoms with van der Waals surface area (Å²) in [5.41, 5.74) is 3.70. The molecule has 0 aliphatic carbocycles. The van der Waals surface area contributed by atoms with E-state index in [1.807, 2.05) is 26.0 Å². The molecule has 4 nitrogen and oxygen atoms in total. The molecule has 1 heterocycles. The summed E-state index contributed by atoms with van der Waals surface area (Å²) in [6, 6.07) is 18.8. The Labute approximate surface area is 148 Å². The van der Waals surface area contributed by atoms with Crippen molar-refractivity contribution in [2.75, 3.05) is 13.1 Å². The second-order valence-corrected chi connectivity index (χ2v) is 6.41. The Kier molecular flexibility index (Phi) is 5.51. The first-order valence-electron chi connectivity index (χ1n) is 8.92. The van der Waals surface area contributed by atoms with Crippen molar-refractivity contribution in [1.29, 1.82) is 0 Å². The minimum absolute atomic E-state index is 0.0910. The van der Waals surface area contributed by atoms with E-state index >= 15 is 0 Å². The van der Waals surface area contributed by atoms with Crippen LogP contribution in [0.2, 0.25) is 0 Å². The van der Waals surface area contributed by atoms with Gasteiger partial charge in [-0.15, -0.1) is 0 Å². The van der Waals surface area contributed by atoms with Crippen LogP contribution >= 0.6 is 0 Å². The normalized spacial score (nSPS) is 13.5. The first-order valence-corrected chi connectivity index (χ1v) is 8.92. The molecule has 0 aliphatic heterocycles. The van der Waals surface area contributed by atoms with Gasteiger partial charge in [0.1, 0.15) is 0 Å². The van der Waals surface area contributed by atoms with E-state index in [9.17, 15) is 4.79 Å². The van der Waals surface area contributed by atoms with E-state index in [1.165, 1.54) is 16.5 Å². The molecule has 130 valence electrons. The zero-order valence-corrected chi connectivity index (χ0v) is 14.8. The van der Waals surface area contributed by atoms with E-state index in [0.717, 1.165) is 12.1 Å². The number of benzene rings is 2. The van der Waals surface area contributed by atoms with E-state index < -0.39 is 0 Å². The number of amides is 1. The Morgan fingerprint density at radius 2 is 1.84 bits per heavy atom. The minimum atomic E-state index is -0.101. The van der Waals surface area contributed by atoms with Gasteiger partial charge < -0.3 is 15.6 Å². The van der Waals surface area contributed by atoms with Gasteiger partial charge in [-0.05, 0) is 31.0 Å². The smallest absolute Gasteiger partial charge is 0.277 e. The zero-order valence-electron chi connectivity index (χ0n) is 14.8. The van der Waals surface area contributed by atoms with Crippen LogP contribution in [0.1, 0.15) is 30.9 Å². The fraction of sp³-hybridized carbons (Fsp3) is 0.286. The lowest BCUT2D eigenvalue weighted by atomic mass is 9.90. The van der Waals surface area contributed by atoms with Crippen LogP contribution in [0.4, 0.5) is 0 Å². The Bertz CT molecular complexity index is 825. The van der Waals surface area contributed by atoms with Crippen LogP contribution in [-0.4, -0.2) is 30.0 Å². The van der Waals surface area contributed by atoms with Gasteiger partial charge in [-0.3, -0.25) is 4.79 Å². The average Bonchev–Trinajstić information content (AvgIpc) is 3.07. The lowest BCUT2D eigenvalue weighted by Gasteiger charge is -2.18. The van der Waals surface area contributed by atoms with Gasteiger partial charge in [-0.1, -0.05) is 48.5 Å². The Morgan fingerprint density at radius 3 is 2.60 bits per heavy atom. The summed E-state index contributed by atoms with van der Waals surface area (Å²) >= 11 is 0. The number of carbonyl (C=O) groups is 1. The highest BCUT2D eigenvalue weighted by Gasteiger charge is 2.23. The number of aromatic amines is 1. The highest BCUT2D eigenvalue weighted by Crippen LogP contribution is 2.29. The third-order valence-corrected chi connectivity index (χ3v) is 4.69. The van der Waals surface area contributed by atoms with Crippen molar-refractivity contribution in [3.8, 4) is 0 Å². The minimum Gasteiger partial charge on any atom is -0.361 e. The van der Waals surface area contributed by atoms with E-state index in [4.69, 9.17) is 0 Å². The molecule has 0 spiro atoms. The summed E-state index contributed by atoms with van der Waals surface area (Å²) in [6.45, 7) is 5.40. The highest BCUT2D eigenvalue weighted by molar-refractivity contribution is 5.84. The average molecular weight is 336 g/mol. The largest absolute Gasteiger partial charge is 0.361 e. The molecule has 4 N–H and O–H groups in total. The molecule has 1 aromatic heterocycles. The maximum atomic E-state index is 12.0. The third-order valence-electron chi connectivity index (χ3n) is 4.69. The summed E-state index contributed by atoms with van der Waals surface area (Å²) in [5, 5.41) is 6.27. The van der Waals surface area contributed by atoms with Gasteiger partial charge in [0, 0.05) is 23.6 Å². The predicted octanol–water partition coefficient (Wildman–Crippen LogP) is 2.39. The molecule has 3 aromatic rings. The number of quaternary nitrogens is 1. The zero-order chi connectivity index (χ0) is 17.6. The summed E-state index contributed by atoms with van der Waals surface area (Å²) in [7, 11) is 0. The lowest BCUT2D eigenvalue weighted by molar-refractivity contribution is -0.674. The fourth-order valence-electron chi connectivity index (χ4n) is 3.29. The number of carbonyl (C=O) groups excluding carboxylic acids is 1. The number of hydrogen-bond donors (Lipinski definition) is 3. The molecule has 0 unspecified atom stereocenters. The fourth-order valence-corrected chi connectivity index (χ4v) is 3.29. The first kappa shape index (κ1) is 17.2. The van der Waals surface area contributed by atoms with Gasteiger partial charge in [-0.2, -0.15) is 0 Å². The van der Waals surface area contributed by atoms with Gasteiger partial charge in [0.05, 0.1) is 12.5 Å². The molecule has 4 heteroatoms. The maximum absolute atomic E-state index is 12.0. The summed E-state index contributed by atoms with van der Waals surface area (Å²) in [5.74, 6) is 0.322. The van der Waals surface area contributed by atoms with Crippen LogP contribution in [0.3, 0.4) is 0 Å². The molecule has 25 heavy (non-hydrogen) atoms. The second-order valence-electron chi connectivity index (χ2n) is 6.41. The molecular formula is C21H26N3O+. The molecule has 0 saturated heterocycles. The molecule has 0 bridgehead atoms. The van der Waals surface area contributed by atoms with Crippen molar-refractivity contribution >= 4 is 16.8 Å². The highest BCUT2D eigenvalue weighted by atomic mass is 16.2. The first-order chi connectivity index (χ1) is 12.2. The van der Waals surface area contributed by atoms with Crippen molar-refractivity contribution in [3.63, 3.8) is 0 Å². The van der Waals surface area contributed by atoms with Crippen LogP contribution in [0.5, 0.6) is 0 Å². The number of fused-ring (bicyclic) bond motifs is 1. The van der Waals surface area contributed by atoms with Gasteiger partial charge in [-0.25, -0.2) is 0 Å². The number of H-pyrrole nitrogens is 1. The number of rotatable bonds is 7. The Hall–Kier alpha value is -2.59. The third kappa shape index (κ3) is 3.91. The monoisotopic (exact) mass is 336 g/mol. The SMILES string of the molecule is CCNC(=O)[C@H](C)[NH2+]C[C@@H](c1ccccc1)c1c[nH]c2ccccc12. The summed E-state index contributed by atoms with van der Waals surface area (Å²) in [4.78, 5) is 15.4. The Morgan fingerprint density at radius 1 is 1.12 bits per heavy atom. The molecule has 3 rings (SSSR count). The molecule has 1 amide bonds. The molecule has 0 radical (unpaired) electrons. The van der Waals surface area contributed by atoms with E-state index in [2.05, 4.69) is 64.3 Å². The van der Waals surface area contributed by atoms with Crippen LogP contribution in [0, 0.1) is 0 Å². The van der Waals surface area contributed by atoms with Gasteiger partial charge in [0.2, 0.25) is 0 Å². The molecule has 0 fully saturated rings. The molecule has 0 aliphatic rings. The lowest BCUT2D eigenvalue weighted by Crippen LogP contribution is -2.92. The van der Waals surface area contributed by atoms with Crippen molar-refractivity contribution in [3.05, 3.63) is 71.9 Å². The quantitative estimate of drug-likeness (QED) is 0.609. The van der Waals surface area contributed by atoms with Gasteiger partial charge in [0.15, 0.2) is 6.04 Å². The number of para-hydroxylation sites is 1. The maximum Gasteiger partial charge on any atom is 0.277 e. The van der Waals surface area contributed by atoms with Crippen LogP contribution in [-0.2, 0) is 4.79 Å².